The summed E-state index contributed by atoms with van der Waals surface area (Å²) in [5.41, 5.74) is 1.83. The fraction of sp³-hybridized carbons (Fsp3) is 0.0769. The minimum Gasteiger partial charge on any atom is -0.289 e. The summed E-state index contributed by atoms with van der Waals surface area (Å²) in [7, 11) is 0. The van der Waals surface area contributed by atoms with Gasteiger partial charge in [0, 0.05) is 11.1 Å². The second kappa shape index (κ2) is 4.33. The van der Waals surface area contributed by atoms with E-state index in [-0.39, 0.29) is 11.6 Å². The van der Waals surface area contributed by atoms with Gasteiger partial charge in [-0.2, -0.15) is 0 Å². The molecule has 0 amide bonds. The van der Waals surface area contributed by atoms with E-state index in [2.05, 4.69) is 0 Å². The van der Waals surface area contributed by atoms with E-state index in [1.807, 2.05) is 52.9 Å². The van der Waals surface area contributed by atoms with Crippen LogP contribution < -0.4 is 0 Å². The van der Waals surface area contributed by atoms with Crippen LogP contribution in [0.3, 0.4) is 0 Å². The van der Waals surface area contributed by atoms with Gasteiger partial charge in [0.15, 0.2) is 11.6 Å². The molecule has 0 unspecified atom stereocenters. The molecule has 1 aliphatic carbocycles. The second-order valence-electron chi connectivity index (χ2n) is 3.58. The van der Waals surface area contributed by atoms with Crippen molar-refractivity contribution in [1.82, 2.24) is 0 Å². The van der Waals surface area contributed by atoms with Gasteiger partial charge in [0.2, 0.25) is 0 Å². The summed E-state index contributed by atoms with van der Waals surface area (Å²) >= 11 is 1.94. The van der Waals surface area contributed by atoms with Gasteiger partial charge in [-0.05, 0) is 41.2 Å². The number of Topliss-reactive ketones (excluding diaryl/α,β-unsaturated/α-hetero) is 1. The van der Waals surface area contributed by atoms with Gasteiger partial charge < -0.3 is 0 Å². The predicted octanol–water partition coefficient (Wildman–Crippen LogP) is 2.93. The first-order valence-electron chi connectivity index (χ1n) is 4.84. The molecule has 0 N–H and O–H groups in total. The van der Waals surface area contributed by atoms with Crippen LogP contribution in [-0.4, -0.2) is 11.6 Å². The Morgan fingerprint density at radius 1 is 1.06 bits per heavy atom. The Hall–Kier alpha value is -1.23. The molecule has 0 fully saturated rings. The van der Waals surface area contributed by atoms with Gasteiger partial charge in [0.25, 0.3) is 0 Å². The Morgan fingerprint density at radius 3 is 2.31 bits per heavy atom. The van der Waals surface area contributed by atoms with Crippen molar-refractivity contribution in [1.29, 1.82) is 0 Å². The van der Waals surface area contributed by atoms with Crippen molar-refractivity contribution in [3.8, 4) is 0 Å². The minimum absolute atomic E-state index is 0.0600. The molecule has 1 aliphatic rings. The monoisotopic (exact) mass is 324 g/mol. The molecule has 2 nitrogen and oxygen atoms in total. The SMILES string of the molecule is CC1=CC(=O)C(I)=C(c2ccccc2)C1=O. The zero-order valence-electron chi connectivity index (χ0n) is 8.66. The van der Waals surface area contributed by atoms with Crippen LogP contribution in [0, 0.1) is 0 Å². The zero-order valence-corrected chi connectivity index (χ0v) is 10.8. The van der Waals surface area contributed by atoms with E-state index in [0.29, 0.717) is 14.7 Å². The molecule has 0 aromatic heterocycles. The van der Waals surface area contributed by atoms with Crippen LogP contribution in [-0.2, 0) is 9.59 Å². The maximum atomic E-state index is 12.0. The topological polar surface area (TPSA) is 34.1 Å². The lowest BCUT2D eigenvalue weighted by molar-refractivity contribution is -0.114. The molecule has 0 spiro atoms. The third kappa shape index (κ3) is 1.87. The van der Waals surface area contributed by atoms with Gasteiger partial charge in [-0.25, -0.2) is 0 Å². The Balaban J connectivity index is 2.59. The lowest BCUT2D eigenvalue weighted by Gasteiger charge is -2.13. The summed E-state index contributed by atoms with van der Waals surface area (Å²) in [5, 5.41) is 0. The molecule has 3 heteroatoms. The molecule has 0 saturated heterocycles. The van der Waals surface area contributed by atoms with Gasteiger partial charge in [-0.3, -0.25) is 9.59 Å². The van der Waals surface area contributed by atoms with Crippen LogP contribution >= 0.6 is 22.6 Å². The third-order valence-electron chi connectivity index (χ3n) is 2.43. The maximum Gasteiger partial charge on any atom is 0.193 e. The van der Waals surface area contributed by atoms with Crippen LogP contribution in [0.25, 0.3) is 5.57 Å². The molecule has 0 saturated carbocycles. The Labute approximate surface area is 107 Å². The number of hydrogen-bond donors (Lipinski definition) is 0. The first kappa shape index (κ1) is 11.3. The Bertz CT molecular complexity index is 524. The fourth-order valence-corrected chi connectivity index (χ4v) is 2.32. The third-order valence-corrected chi connectivity index (χ3v) is 3.50. The Morgan fingerprint density at radius 2 is 1.69 bits per heavy atom. The predicted molar refractivity (Wildman–Crippen MR) is 71.2 cm³/mol. The number of benzene rings is 1. The highest BCUT2D eigenvalue weighted by Crippen LogP contribution is 2.31. The number of rotatable bonds is 1. The van der Waals surface area contributed by atoms with Crippen LogP contribution in [0.4, 0.5) is 0 Å². The molecule has 80 valence electrons. The van der Waals surface area contributed by atoms with Gasteiger partial charge >= 0.3 is 0 Å². The molecular weight excluding hydrogens is 315 g/mol. The summed E-state index contributed by atoms with van der Waals surface area (Å²) in [6, 6.07) is 9.29. The number of allylic oxidation sites excluding steroid dienone is 4. The quantitative estimate of drug-likeness (QED) is 0.588. The van der Waals surface area contributed by atoms with E-state index < -0.39 is 0 Å². The number of carbonyl (C=O) groups excluding carboxylic acids is 2. The van der Waals surface area contributed by atoms with E-state index in [1.165, 1.54) is 6.08 Å². The first-order chi connectivity index (χ1) is 7.61. The largest absolute Gasteiger partial charge is 0.289 e. The van der Waals surface area contributed by atoms with E-state index in [0.717, 1.165) is 5.56 Å². The molecule has 0 bridgehead atoms. The molecule has 0 heterocycles. The normalized spacial score (nSPS) is 16.5. The van der Waals surface area contributed by atoms with Crippen LogP contribution in [0.2, 0.25) is 0 Å². The van der Waals surface area contributed by atoms with Gasteiger partial charge in [-0.1, -0.05) is 30.3 Å². The maximum absolute atomic E-state index is 12.0. The van der Waals surface area contributed by atoms with E-state index in [1.54, 1.807) is 6.92 Å². The lowest BCUT2D eigenvalue weighted by Crippen LogP contribution is -2.14. The van der Waals surface area contributed by atoms with Gasteiger partial charge in [-0.15, -0.1) is 0 Å². The highest BCUT2D eigenvalue weighted by molar-refractivity contribution is 14.1. The molecule has 0 atom stereocenters. The van der Waals surface area contributed by atoms with Crippen molar-refractivity contribution in [2.24, 2.45) is 0 Å². The molecule has 0 aliphatic heterocycles. The van der Waals surface area contributed by atoms with Crippen molar-refractivity contribution in [3.63, 3.8) is 0 Å². The number of hydrogen-bond acceptors (Lipinski definition) is 2. The zero-order chi connectivity index (χ0) is 11.7. The summed E-state index contributed by atoms with van der Waals surface area (Å²) in [5.74, 6) is -0.147. The van der Waals surface area contributed by atoms with Crippen LogP contribution in [0.15, 0.2) is 45.6 Å². The average Bonchev–Trinajstić information content (AvgIpc) is 2.28. The van der Waals surface area contributed by atoms with Crippen molar-refractivity contribution in [3.05, 3.63) is 51.1 Å². The minimum atomic E-state index is -0.0865. The molecular formula is C13H9IO2. The molecule has 1 aromatic carbocycles. The highest BCUT2D eigenvalue weighted by atomic mass is 127. The summed E-state index contributed by atoms with van der Waals surface area (Å²) in [6.45, 7) is 1.67. The van der Waals surface area contributed by atoms with Gasteiger partial charge in [0.05, 0.1) is 3.58 Å². The molecule has 16 heavy (non-hydrogen) atoms. The number of carbonyl (C=O) groups is 2. The first-order valence-corrected chi connectivity index (χ1v) is 5.91. The van der Waals surface area contributed by atoms with Crippen molar-refractivity contribution < 1.29 is 9.59 Å². The number of ketones is 2. The van der Waals surface area contributed by atoms with E-state index >= 15 is 0 Å². The smallest absolute Gasteiger partial charge is 0.193 e. The lowest BCUT2D eigenvalue weighted by atomic mass is 9.92. The fourth-order valence-electron chi connectivity index (χ4n) is 1.61. The molecule has 2 rings (SSSR count). The van der Waals surface area contributed by atoms with Crippen molar-refractivity contribution in [2.45, 2.75) is 6.92 Å². The van der Waals surface area contributed by atoms with Crippen molar-refractivity contribution >= 4 is 39.7 Å². The summed E-state index contributed by atoms with van der Waals surface area (Å²) in [6.07, 6.45) is 1.40. The van der Waals surface area contributed by atoms with Crippen LogP contribution in [0.1, 0.15) is 12.5 Å². The number of halogens is 1. The highest BCUT2D eigenvalue weighted by Gasteiger charge is 2.25. The van der Waals surface area contributed by atoms with E-state index in [4.69, 9.17) is 0 Å². The molecule has 0 radical (unpaired) electrons. The van der Waals surface area contributed by atoms with E-state index in [9.17, 15) is 9.59 Å². The standard InChI is InChI=1S/C13H9IO2/c1-8-7-10(15)12(14)11(13(8)16)9-5-3-2-4-6-9/h2-7H,1H3. The summed E-state index contributed by atoms with van der Waals surface area (Å²) < 4.78 is 0.499. The van der Waals surface area contributed by atoms with Gasteiger partial charge in [0.1, 0.15) is 0 Å². The average molecular weight is 324 g/mol. The Kier molecular flexibility index (Phi) is 3.05. The van der Waals surface area contributed by atoms with Crippen molar-refractivity contribution in [2.75, 3.05) is 0 Å². The van der Waals surface area contributed by atoms with Crippen LogP contribution in [0.5, 0.6) is 0 Å². The second-order valence-corrected chi connectivity index (χ2v) is 4.65. The summed E-state index contributed by atoms with van der Waals surface area (Å²) in [4.78, 5) is 23.6. The molecule has 1 aromatic rings.